The third-order valence-electron chi connectivity index (χ3n) is 3.96. The molecular weight excluding hydrogens is 692 g/mol. The van der Waals surface area contributed by atoms with Crippen LogP contribution in [-0.4, -0.2) is 37.1 Å². The van der Waals surface area contributed by atoms with Crippen LogP contribution in [0.3, 0.4) is 0 Å². The van der Waals surface area contributed by atoms with Crippen LogP contribution >= 0.6 is 99.0 Å². The Hall–Kier alpha value is -1.25. The summed E-state index contributed by atoms with van der Waals surface area (Å²) in [5, 5.41) is 19.4. The third-order valence-corrected chi connectivity index (χ3v) is 6.59. The molecule has 6 N–H and O–H groups in total. The van der Waals surface area contributed by atoms with Crippen LogP contribution in [0.15, 0.2) is 53.4 Å². The van der Waals surface area contributed by atoms with Gasteiger partial charge in [0.2, 0.25) is 0 Å². The van der Waals surface area contributed by atoms with E-state index < -0.39 is 7.12 Å². The van der Waals surface area contributed by atoms with Crippen LogP contribution in [0.1, 0.15) is 0 Å². The molecule has 2 aromatic heterocycles. The summed E-state index contributed by atoms with van der Waals surface area (Å²) >= 11 is 37.4. The minimum atomic E-state index is -1.57. The van der Waals surface area contributed by atoms with Gasteiger partial charge in [-0.25, -0.2) is 19.9 Å². The van der Waals surface area contributed by atoms with E-state index in [4.69, 9.17) is 91.1 Å². The highest BCUT2D eigenvalue weighted by Gasteiger charge is 2.16. The maximum atomic E-state index is 8.74. The van der Waals surface area contributed by atoms with Gasteiger partial charge in [-0.1, -0.05) is 93.9 Å². The van der Waals surface area contributed by atoms with Crippen molar-refractivity contribution in [2.75, 3.05) is 11.5 Å². The summed E-state index contributed by atoms with van der Waals surface area (Å²) in [4.78, 5) is 15.5. The normalized spacial score (nSPS) is 9.76. The molecule has 4 aromatic rings. The Kier molecular flexibility index (Phi) is 14.6. The molecule has 0 aliphatic rings. The lowest BCUT2D eigenvalue weighted by Gasteiger charge is -2.07. The minimum Gasteiger partial charge on any atom is -0.423 e. The van der Waals surface area contributed by atoms with Gasteiger partial charge in [0.25, 0.3) is 0 Å². The average molecular weight is 708 g/mol. The minimum absolute atomic E-state index is 0. The molecule has 2 heterocycles. The van der Waals surface area contributed by atoms with Crippen LogP contribution in [0.25, 0.3) is 11.3 Å². The number of hydrogen-bond donors (Lipinski definition) is 4. The summed E-state index contributed by atoms with van der Waals surface area (Å²) in [5.74, 6) is 0.527. The number of nitrogen functional groups attached to an aromatic ring is 2. The molecular formula is C20H16BBrCl6N6O2S. The number of halogens is 7. The van der Waals surface area contributed by atoms with Gasteiger partial charge < -0.3 is 21.5 Å². The SMILES string of the molecule is Nc1nc(Cl)cnc1-c1cccc(Cl)c1Cl.Nc1nc(Cl)cnc1Br.OB(O)c1cccc(Cl)c1Cl.S. The molecule has 0 spiro atoms. The Balaban J connectivity index is 0.000000287. The van der Waals surface area contributed by atoms with E-state index in [2.05, 4.69) is 35.9 Å². The first-order valence-electron chi connectivity index (χ1n) is 9.38. The predicted molar refractivity (Wildman–Crippen MR) is 163 cm³/mol. The first-order valence-corrected chi connectivity index (χ1v) is 12.4. The summed E-state index contributed by atoms with van der Waals surface area (Å²) in [6.07, 6.45) is 2.83. The molecule has 0 atom stereocenters. The molecule has 37 heavy (non-hydrogen) atoms. The molecule has 0 fully saturated rings. The molecule has 17 heteroatoms. The molecule has 2 aromatic carbocycles. The zero-order valence-electron chi connectivity index (χ0n) is 18.2. The average Bonchev–Trinajstić information content (AvgIpc) is 2.81. The number of anilines is 2. The Bertz CT molecular complexity index is 1360. The summed E-state index contributed by atoms with van der Waals surface area (Å²) in [6.45, 7) is 0. The lowest BCUT2D eigenvalue weighted by Crippen LogP contribution is -2.30. The van der Waals surface area contributed by atoms with Gasteiger partial charge in [-0.2, -0.15) is 13.5 Å². The van der Waals surface area contributed by atoms with Crippen molar-refractivity contribution in [3.63, 3.8) is 0 Å². The lowest BCUT2D eigenvalue weighted by molar-refractivity contribution is 0.426. The maximum absolute atomic E-state index is 8.74. The Labute approximate surface area is 258 Å². The number of rotatable bonds is 2. The Morgan fingerprint density at radius 2 is 1.24 bits per heavy atom. The highest BCUT2D eigenvalue weighted by molar-refractivity contribution is 9.10. The van der Waals surface area contributed by atoms with Gasteiger partial charge in [0.05, 0.1) is 32.5 Å². The molecule has 0 unspecified atom stereocenters. The topological polar surface area (TPSA) is 144 Å². The molecule has 0 saturated carbocycles. The first kappa shape index (κ1) is 33.8. The quantitative estimate of drug-likeness (QED) is 0.187. The maximum Gasteiger partial charge on any atom is 0.490 e. The van der Waals surface area contributed by atoms with Crippen molar-refractivity contribution < 1.29 is 10.0 Å². The van der Waals surface area contributed by atoms with Gasteiger partial charge in [-0.15, -0.1) is 0 Å². The van der Waals surface area contributed by atoms with Crippen LogP contribution in [0.2, 0.25) is 30.4 Å². The lowest BCUT2D eigenvalue weighted by atomic mass is 9.80. The molecule has 8 nitrogen and oxygen atoms in total. The summed E-state index contributed by atoms with van der Waals surface area (Å²) < 4.78 is 0.520. The number of nitrogens with two attached hydrogens (primary N) is 2. The monoisotopic (exact) mass is 704 g/mol. The Morgan fingerprint density at radius 3 is 1.73 bits per heavy atom. The number of aromatic nitrogens is 4. The third kappa shape index (κ3) is 10.1. The van der Waals surface area contributed by atoms with Crippen molar-refractivity contribution in [2.24, 2.45) is 0 Å². The second kappa shape index (κ2) is 16.0. The van der Waals surface area contributed by atoms with Crippen molar-refractivity contribution in [1.29, 1.82) is 0 Å². The van der Waals surface area contributed by atoms with E-state index in [-0.39, 0.29) is 35.0 Å². The fourth-order valence-corrected chi connectivity index (χ4v) is 3.63. The molecule has 0 radical (unpaired) electrons. The highest BCUT2D eigenvalue weighted by Crippen LogP contribution is 2.34. The van der Waals surface area contributed by atoms with Gasteiger partial charge in [-0.05, 0) is 28.1 Å². The fraction of sp³-hybridized carbons (Fsp3) is 0. The van der Waals surface area contributed by atoms with E-state index in [1.807, 2.05) is 0 Å². The van der Waals surface area contributed by atoms with Gasteiger partial charge in [0, 0.05) is 11.0 Å². The zero-order valence-corrected chi connectivity index (χ0v) is 25.3. The molecule has 4 rings (SSSR count). The fourth-order valence-electron chi connectivity index (χ4n) is 2.36. The second-order valence-electron chi connectivity index (χ2n) is 6.41. The van der Waals surface area contributed by atoms with Crippen LogP contribution in [-0.2, 0) is 0 Å². The van der Waals surface area contributed by atoms with Gasteiger partial charge >= 0.3 is 7.12 Å². The summed E-state index contributed by atoms with van der Waals surface area (Å²) in [7, 11) is -1.57. The molecule has 0 bridgehead atoms. The van der Waals surface area contributed by atoms with Crippen LogP contribution < -0.4 is 16.9 Å². The van der Waals surface area contributed by atoms with E-state index in [0.29, 0.717) is 41.9 Å². The molecule has 0 aliphatic carbocycles. The van der Waals surface area contributed by atoms with Gasteiger partial charge in [0.1, 0.15) is 20.6 Å². The van der Waals surface area contributed by atoms with Crippen LogP contribution in [0, 0.1) is 0 Å². The Morgan fingerprint density at radius 1 is 0.730 bits per heavy atom. The van der Waals surface area contributed by atoms with E-state index >= 15 is 0 Å². The molecule has 0 aliphatic heterocycles. The molecule has 0 saturated heterocycles. The van der Waals surface area contributed by atoms with Crippen molar-refractivity contribution in [3.8, 4) is 11.3 Å². The first-order chi connectivity index (χ1) is 16.9. The van der Waals surface area contributed by atoms with E-state index in [9.17, 15) is 0 Å². The van der Waals surface area contributed by atoms with Crippen molar-refractivity contribution in [3.05, 3.63) is 83.8 Å². The van der Waals surface area contributed by atoms with Gasteiger partial charge in [-0.3, -0.25) is 0 Å². The van der Waals surface area contributed by atoms with E-state index in [1.54, 1.807) is 30.3 Å². The molecule has 196 valence electrons. The van der Waals surface area contributed by atoms with Crippen molar-refractivity contribution >= 4 is 123 Å². The van der Waals surface area contributed by atoms with Crippen LogP contribution in [0.4, 0.5) is 11.6 Å². The summed E-state index contributed by atoms with van der Waals surface area (Å²) in [5.41, 5.74) is 12.4. The predicted octanol–water partition coefficient (Wildman–Crippen LogP) is 5.95. The number of benzene rings is 2. The van der Waals surface area contributed by atoms with Crippen molar-refractivity contribution in [1.82, 2.24) is 19.9 Å². The second-order valence-corrected chi connectivity index (χ2v) is 9.51. The zero-order chi connectivity index (χ0) is 27.0. The number of hydrogen-bond acceptors (Lipinski definition) is 8. The van der Waals surface area contributed by atoms with E-state index in [1.165, 1.54) is 18.5 Å². The van der Waals surface area contributed by atoms with Crippen LogP contribution in [0.5, 0.6) is 0 Å². The van der Waals surface area contributed by atoms with Crippen molar-refractivity contribution in [2.45, 2.75) is 0 Å². The molecule has 0 amide bonds. The van der Waals surface area contributed by atoms with E-state index in [0.717, 1.165) is 0 Å². The standard InChI is InChI=1S/C10H6Cl3N3.C6H5BCl2O2.C4H3BrClN3.H2S/c11-6-3-1-2-5(8(6)13)9-10(14)16-7(12)4-15-9;8-5-3-1-2-4(6(5)9)7(10)11;5-3-4(7)9-2(6)1-8-3;/h1-4H,(H2,14,16);1-3,10-11H;1H,(H2,7,9);1H2. The van der Waals surface area contributed by atoms with Gasteiger partial charge in [0.15, 0.2) is 11.6 Å². The highest BCUT2D eigenvalue weighted by atomic mass is 79.9. The summed E-state index contributed by atoms with van der Waals surface area (Å²) in [6, 6.07) is 9.90. The number of nitrogens with zero attached hydrogens (tertiary/aromatic N) is 4. The largest absolute Gasteiger partial charge is 0.490 e. The smallest absolute Gasteiger partial charge is 0.423 e.